The second kappa shape index (κ2) is 8.19. The van der Waals surface area contributed by atoms with Crippen LogP contribution in [0.15, 0.2) is 48.5 Å². The van der Waals surface area contributed by atoms with Crippen LogP contribution in [-0.4, -0.2) is 12.5 Å². The maximum atomic E-state index is 12.1. The van der Waals surface area contributed by atoms with Gasteiger partial charge in [0.15, 0.2) is 6.61 Å². The van der Waals surface area contributed by atoms with E-state index in [9.17, 15) is 4.79 Å². The molecule has 0 aliphatic rings. The number of nitrogens with one attached hydrogen (secondary N) is 1. The number of hydrogen-bond donors (Lipinski definition) is 1. The summed E-state index contributed by atoms with van der Waals surface area (Å²) in [6.07, 6.45) is 1.02. The van der Waals surface area contributed by atoms with Gasteiger partial charge in [-0.15, -0.1) is 0 Å². The van der Waals surface area contributed by atoms with Crippen molar-refractivity contribution in [3.05, 3.63) is 65.2 Å². The third kappa shape index (κ3) is 5.63. The van der Waals surface area contributed by atoms with Gasteiger partial charge in [0.1, 0.15) is 5.75 Å². The monoisotopic (exact) mass is 339 g/mol. The minimum atomic E-state index is -0.119. The molecule has 1 atom stereocenters. The molecule has 0 saturated heterocycles. The Balaban J connectivity index is 1.85. The van der Waals surface area contributed by atoms with Crippen LogP contribution >= 0.6 is 0 Å². The Hall–Kier alpha value is -2.29. The van der Waals surface area contributed by atoms with Gasteiger partial charge in [-0.05, 0) is 47.6 Å². The van der Waals surface area contributed by atoms with Crippen molar-refractivity contribution < 1.29 is 9.53 Å². The van der Waals surface area contributed by atoms with Gasteiger partial charge in [-0.25, -0.2) is 0 Å². The fourth-order valence-electron chi connectivity index (χ4n) is 2.61. The molecule has 0 fully saturated rings. The standard InChI is InChI=1S/C22H29NO2/c1-6-17-7-9-18(10-8-17)16(2)23-21(24)15-25-20-13-11-19(12-14-20)22(3,4)5/h7-14,16H,6,15H2,1-5H3,(H,23,24)/t16-/m1/s1. The summed E-state index contributed by atoms with van der Waals surface area (Å²) in [5.74, 6) is 0.593. The number of rotatable bonds is 6. The summed E-state index contributed by atoms with van der Waals surface area (Å²) in [6, 6.07) is 16.2. The van der Waals surface area contributed by atoms with Crippen molar-refractivity contribution in [3.63, 3.8) is 0 Å². The van der Waals surface area contributed by atoms with Crippen molar-refractivity contribution in [3.8, 4) is 5.75 Å². The molecule has 3 heteroatoms. The third-order valence-corrected chi connectivity index (χ3v) is 4.36. The van der Waals surface area contributed by atoms with Gasteiger partial charge >= 0.3 is 0 Å². The molecule has 134 valence electrons. The van der Waals surface area contributed by atoms with E-state index in [0.717, 1.165) is 12.0 Å². The van der Waals surface area contributed by atoms with Crippen LogP contribution in [-0.2, 0) is 16.6 Å². The van der Waals surface area contributed by atoms with Crippen LogP contribution in [0.2, 0.25) is 0 Å². The van der Waals surface area contributed by atoms with Crippen molar-refractivity contribution in [1.29, 1.82) is 0 Å². The summed E-state index contributed by atoms with van der Waals surface area (Å²) in [7, 11) is 0. The minimum absolute atomic E-state index is 0.0201. The normalized spacial score (nSPS) is 12.5. The molecule has 0 radical (unpaired) electrons. The molecular weight excluding hydrogens is 310 g/mol. The number of hydrogen-bond acceptors (Lipinski definition) is 2. The summed E-state index contributed by atoms with van der Waals surface area (Å²) in [5, 5.41) is 2.98. The van der Waals surface area contributed by atoms with Gasteiger partial charge in [-0.3, -0.25) is 4.79 Å². The molecule has 2 rings (SSSR count). The lowest BCUT2D eigenvalue weighted by Crippen LogP contribution is -2.31. The zero-order chi connectivity index (χ0) is 18.4. The van der Waals surface area contributed by atoms with E-state index in [-0.39, 0.29) is 24.0 Å². The van der Waals surface area contributed by atoms with Crippen molar-refractivity contribution in [2.75, 3.05) is 6.61 Å². The molecule has 0 aliphatic carbocycles. The molecule has 25 heavy (non-hydrogen) atoms. The van der Waals surface area contributed by atoms with Crippen LogP contribution in [0, 0.1) is 0 Å². The van der Waals surface area contributed by atoms with Crippen LogP contribution < -0.4 is 10.1 Å². The third-order valence-electron chi connectivity index (χ3n) is 4.36. The van der Waals surface area contributed by atoms with E-state index < -0.39 is 0 Å². The average Bonchev–Trinajstić information content (AvgIpc) is 2.59. The lowest BCUT2D eigenvalue weighted by Gasteiger charge is -2.19. The zero-order valence-corrected chi connectivity index (χ0v) is 15.9. The van der Waals surface area contributed by atoms with Crippen LogP contribution in [0.1, 0.15) is 57.4 Å². The Morgan fingerprint density at radius 1 is 1.04 bits per heavy atom. The van der Waals surface area contributed by atoms with Crippen LogP contribution in [0.5, 0.6) is 5.75 Å². The molecule has 0 saturated carbocycles. The number of carbonyl (C=O) groups excluding carboxylic acids is 1. The summed E-state index contributed by atoms with van der Waals surface area (Å²) in [5.41, 5.74) is 3.75. The van der Waals surface area contributed by atoms with Gasteiger partial charge < -0.3 is 10.1 Å². The Bertz CT molecular complexity index is 681. The second-order valence-corrected chi connectivity index (χ2v) is 7.45. The Labute approximate surface area is 151 Å². The first kappa shape index (κ1) is 19.0. The quantitative estimate of drug-likeness (QED) is 0.821. The maximum absolute atomic E-state index is 12.1. The van der Waals surface area contributed by atoms with Crippen molar-refractivity contribution in [2.45, 2.75) is 52.5 Å². The highest BCUT2D eigenvalue weighted by Crippen LogP contribution is 2.24. The molecule has 3 nitrogen and oxygen atoms in total. The predicted octanol–water partition coefficient (Wildman–Crippen LogP) is 4.80. The number of aryl methyl sites for hydroxylation is 1. The Kier molecular flexibility index (Phi) is 6.24. The van der Waals surface area contributed by atoms with Gasteiger partial charge in [0.05, 0.1) is 6.04 Å². The molecule has 2 aromatic carbocycles. The minimum Gasteiger partial charge on any atom is -0.484 e. The summed E-state index contributed by atoms with van der Waals surface area (Å²) in [6.45, 7) is 10.6. The lowest BCUT2D eigenvalue weighted by atomic mass is 9.87. The molecule has 0 bridgehead atoms. The molecular formula is C22H29NO2. The average molecular weight is 339 g/mol. The van der Waals surface area contributed by atoms with E-state index in [1.54, 1.807) is 0 Å². The van der Waals surface area contributed by atoms with E-state index in [1.807, 2.05) is 31.2 Å². The highest BCUT2D eigenvalue weighted by atomic mass is 16.5. The van der Waals surface area contributed by atoms with E-state index >= 15 is 0 Å². The Morgan fingerprint density at radius 2 is 1.64 bits per heavy atom. The zero-order valence-electron chi connectivity index (χ0n) is 15.9. The number of ether oxygens (including phenoxy) is 1. The number of amides is 1. The highest BCUT2D eigenvalue weighted by molar-refractivity contribution is 5.78. The van der Waals surface area contributed by atoms with E-state index in [4.69, 9.17) is 4.74 Å². The molecule has 0 aromatic heterocycles. The first-order valence-corrected chi connectivity index (χ1v) is 8.91. The Morgan fingerprint density at radius 3 is 2.16 bits per heavy atom. The van der Waals surface area contributed by atoms with Crippen molar-refractivity contribution in [2.24, 2.45) is 0 Å². The predicted molar refractivity (Wildman–Crippen MR) is 103 cm³/mol. The molecule has 2 aromatic rings. The first-order valence-electron chi connectivity index (χ1n) is 8.91. The van der Waals surface area contributed by atoms with Gasteiger partial charge in [0.25, 0.3) is 5.91 Å². The number of carbonyl (C=O) groups is 1. The van der Waals surface area contributed by atoms with E-state index in [0.29, 0.717) is 5.75 Å². The molecule has 1 amide bonds. The molecule has 0 heterocycles. The molecule has 0 unspecified atom stereocenters. The highest BCUT2D eigenvalue weighted by Gasteiger charge is 2.14. The molecule has 0 spiro atoms. The maximum Gasteiger partial charge on any atom is 0.258 e. The molecule has 0 aliphatic heterocycles. The fourth-order valence-corrected chi connectivity index (χ4v) is 2.61. The van der Waals surface area contributed by atoms with Gasteiger partial charge in [0.2, 0.25) is 0 Å². The second-order valence-electron chi connectivity index (χ2n) is 7.45. The SMILES string of the molecule is CCc1ccc([C@@H](C)NC(=O)COc2ccc(C(C)(C)C)cc2)cc1. The van der Waals surface area contributed by atoms with Crippen LogP contribution in [0.4, 0.5) is 0 Å². The van der Waals surface area contributed by atoms with E-state index in [1.165, 1.54) is 11.1 Å². The van der Waals surface area contributed by atoms with Crippen molar-refractivity contribution in [1.82, 2.24) is 5.32 Å². The fraction of sp³-hybridized carbons (Fsp3) is 0.409. The van der Waals surface area contributed by atoms with Gasteiger partial charge in [0, 0.05) is 0 Å². The smallest absolute Gasteiger partial charge is 0.258 e. The van der Waals surface area contributed by atoms with Crippen LogP contribution in [0.3, 0.4) is 0 Å². The largest absolute Gasteiger partial charge is 0.484 e. The summed E-state index contributed by atoms with van der Waals surface area (Å²) >= 11 is 0. The van der Waals surface area contributed by atoms with Gasteiger partial charge in [-0.2, -0.15) is 0 Å². The molecule has 1 N–H and O–H groups in total. The number of benzene rings is 2. The summed E-state index contributed by atoms with van der Waals surface area (Å²) < 4.78 is 5.60. The van der Waals surface area contributed by atoms with Crippen LogP contribution in [0.25, 0.3) is 0 Å². The first-order chi connectivity index (χ1) is 11.8. The lowest BCUT2D eigenvalue weighted by molar-refractivity contribution is -0.123. The van der Waals surface area contributed by atoms with Gasteiger partial charge in [-0.1, -0.05) is 64.1 Å². The summed E-state index contributed by atoms with van der Waals surface area (Å²) in [4.78, 5) is 12.1. The topological polar surface area (TPSA) is 38.3 Å². The van der Waals surface area contributed by atoms with E-state index in [2.05, 4.69) is 57.3 Å². The van der Waals surface area contributed by atoms with Crippen molar-refractivity contribution >= 4 is 5.91 Å².